The highest BCUT2D eigenvalue weighted by atomic mass is 16.2. The van der Waals surface area contributed by atoms with Crippen LogP contribution in [0.4, 0.5) is 0 Å². The molecule has 1 aliphatic rings. The molecule has 0 aromatic carbocycles. The van der Waals surface area contributed by atoms with E-state index in [1.54, 1.807) is 11.2 Å². The quantitative estimate of drug-likeness (QED) is 0.617. The van der Waals surface area contributed by atoms with Crippen molar-refractivity contribution in [3.8, 4) is 0 Å². The van der Waals surface area contributed by atoms with Crippen LogP contribution < -0.4 is 5.73 Å². The van der Waals surface area contributed by atoms with E-state index in [1.807, 2.05) is 18.5 Å². The van der Waals surface area contributed by atoms with Crippen LogP contribution >= 0.6 is 0 Å². The first-order valence-corrected chi connectivity index (χ1v) is 4.51. The van der Waals surface area contributed by atoms with Gasteiger partial charge in [-0.05, 0) is 6.92 Å². The highest BCUT2D eigenvalue weighted by molar-refractivity contribution is 5.87. The predicted molar refractivity (Wildman–Crippen MR) is 49.1 cm³/mol. The Morgan fingerprint density at radius 1 is 1.71 bits per heavy atom. The summed E-state index contributed by atoms with van der Waals surface area (Å²) in [5.41, 5.74) is 5.51. The predicted octanol–water partition coefficient (Wildman–Crippen LogP) is -0.954. The van der Waals surface area contributed by atoms with Crippen LogP contribution in [-0.2, 0) is 11.8 Å². The molecule has 2 rings (SSSR count). The highest BCUT2D eigenvalue weighted by Gasteiger charge is 2.38. The van der Waals surface area contributed by atoms with Crippen molar-refractivity contribution in [3.05, 3.63) is 12.2 Å². The molecule has 6 heteroatoms. The number of nitrogens with two attached hydrogens (primary N) is 1. The van der Waals surface area contributed by atoms with E-state index in [-0.39, 0.29) is 18.0 Å². The van der Waals surface area contributed by atoms with Crippen molar-refractivity contribution in [3.63, 3.8) is 0 Å². The molecule has 1 aliphatic heterocycles. The summed E-state index contributed by atoms with van der Waals surface area (Å²) in [5, 5.41) is 7.73. The summed E-state index contributed by atoms with van der Waals surface area (Å²) in [5.74, 6) is 0.769. The molecule has 76 valence electrons. The lowest BCUT2D eigenvalue weighted by Crippen LogP contribution is -2.61. The van der Waals surface area contributed by atoms with Crippen LogP contribution in [0.5, 0.6) is 0 Å². The van der Waals surface area contributed by atoms with E-state index >= 15 is 0 Å². The molecule has 2 heterocycles. The van der Waals surface area contributed by atoms with Crippen LogP contribution in [0.3, 0.4) is 0 Å². The van der Waals surface area contributed by atoms with Gasteiger partial charge in [-0.15, -0.1) is 10.2 Å². The highest BCUT2D eigenvalue weighted by Crippen LogP contribution is 2.23. The molecule has 0 aliphatic carbocycles. The van der Waals surface area contributed by atoms with Gasteiger partial charge in [0.05, 0.1) is 6.04 Å². The fourth-order valence-corrected chi connectivity index (χ4v) is 1.64. The van der Waals surface area contributed by atoms with Gasteiger partial charge >= 0.3 is 0 Å². The summed E-state index contributed by atoms with van der Waals surface area (Å²) in [6.45, 7) is 2.53. The molecule has 14 heavy (non-hydrogen) atoms. The summed E-state index contributed by atoms with van der Waals surface area (Å²) in [6.07, 6.45) is 1.62. The molecule has 0 saturated carbocycles. The monoisotopic (exact) mass is 195 g/mol. The fourth-order valence-electron chi connectivity index (χ4n) is 1.64. The van der Waals surface area contributed by atoms with Gasteiger partial charge in [0.15, 0.2) is 5.82 Å². The second kappa shape index (κ2) is 3.06. The van der Waals surface area contributed by atoms with Crippen molar-refractivity contribution in [1.82, 2.24) is 19.7 Å². The lowest BCUT2D eigenvalue weighted by molar-refractivity contribution is -0.145. The average molecular weight is 195 g/mol. The molecule has 1 saturated heterocycles. The Balaban J connectivity index is 2.14. The largest absolute Gasteiger partial charge is 0.329 e. The minimum Gasteiger partial charge on any atom is -0.329 e. The number of rotatable bonds is 2. The lowest BCUT2D eigenvalue weighted by atomic mass is 10.1. The third-order valence-corrected chi connectivity index (χ3v) is 2.58. The van der Waals surface area contributed by atoms with Gasteiger partial charge < -0.3 is 15.2 Å². The van der Waals surface area contributed by atoms with Crippen molar-refractivity contribution < 1.29 is 4.79 Å². The number of carbonyl (C=O) groups excluding carboxylic acids is 1. The molecule has 1 aromatic heterocycles. The molecule has 0 bridgehead atoms. The van der Waals surface area contributed by atoms with E-state index < -0.39 is 0 Å². The number of carbonyl (C=O) groups is 1. The maximum absolute atomic E-state index is 11.4. The number of nitrogens with zero attached hydrogens (tertiary/aromatic N) is 4. The normalized spacial score (nSPS) is 23.5. The van der Waals surface area contributed by atoms with Crippen molar-refractivity contribution in [2.75, 3.05) is 6.54 Å². The van der Waals surface area contributed by atoms with E-state index in [1.165, 1.54) is 0 Å². The van der Waals surface area contributed by atoms with E-state index in [0.29, 0.717) is 6.54 Å². The number of aromatic nitrogens is 3. The molecule has 2 atom stereocenters. The van der Waals surface area contributed by atoms with Gasteiger partial charge in [0.2, 0.25) is 5.91 Å². The minimum atomic E-state index is -0.328. The van der Waals surface area contributed by atoms with Crippen LogP contribution in [0.1, 0.15) is 18.8 Å². The topological polar surface area (TPSA) is 77.0 Å². The molecule has 0 spiro atoms. The van der Waals surface area contributed by atoms with Crippen LogP contribution in [-0.4, -0.2) is 38.2 Å². The second-order valence-electron chi connectivity index (χ2n) is 3.57. The Kier molecular flexibility index (Phi) is 1.99. The first kappa shape index (κ1) is 9.14. The number of amides is 1. The van der Waals surface area contributed by atoms with E-state index in [0.717, 1.165) is 5.82 Å². The van der Waals surface area contributed by atoms with Crippen molar-refractivity contribution in [2.24, 2.45) is 12.8 Å². The maximum atomic E-state index is 11.4. The van der Waals surface area contributed by atoms with Gasteiger partial charge in [0.1, 0.15) is 12.4 Å². The molecule has 1 aromatic rings. The molecule has 6 nitrogen and oxygen atoms in total. The van der Waals surface area contributed by atoms with Crippen LogP contribution in [0, 0.1) is 0 Å². The van der Waals surface area contributed by atoms with E-state index in [4.69, 9.17) is 5.73 Å². The summed E-state index contributed by atoms with van der Waals surface area (Å²) >= 11 is 0. The Hall–Kier alpha value is -1.43. The first-order chi connectivity index (χ1) is 6.61. The maximum Gasteiger partial charge on any atom is 0.242 e. The number of hydrogen-bond donors (Lipinski definition) is 1. The second-order valence-corrected chi connectivity index (χ2v) is 3.57. The Morgan fingerprint density at radius 3 is 2.86 bits per heavy atom. The van der Waals surface area contributed by atoms with Crippen molar-refractivity contribution >= 4 is 5.91 Å². The molecule has 2 N–H and O–H groups in total. The number of likely N-dealkylation sites (tertiary alicyclic amines) is 1. The zero-order valence-corrected chi connectivity index (χ0v) is 8.21. The molecule has 1 fully saturated rings. The third-order valence-electron chi connectivity index (χ3n) is 2.58. The van der Waals surface area contributed by atoms with E-state index in [2.05, 4.69) is 10.2 Å². The summed E-state index contributed by atoms with van der Waals surface area (Å²) in [4.78, 5) is 13.1. The Labute approximate surface area is 81.7 Å². The number of hydrogen-bond acceptors (Lipinski definition) is 4. The molecule has 2 unspecified atom stereocenters. The SMILES string of the molecule is CC(c1nncn1C)N1CC(N)C1=O. The Morgan fingerprint density at radius 2 is 2.43 bits per heavy atom. The molecular formula is C8H13N5O. The van der Waals surface area contributed by atoms with Gasteiger partial charge in [-0.1, -0.05) is 0 Å². The summed E-state index contributed by atoms with van der Waals surface area (Å²) in [7, 11) is 1.86. The zero-order valence-electron chi connectivity index (χ0n) is 8.21. The number of β-lactam (4-membered cyclic amide) rings is 1. The fraction of sp³-hybridized carbons (Fsp3) is 0.625. The molecular weight excluding hydrogens is 182 g/mol. The van der Waals surface area contributed by atoms with Crippen LogP contribution in [0.15, 0.2) is 6.33 Å². The standard InChI is InChI=1S/C8H13N5O/c1-5(7-11-10-4-12(7)2)13-3-6(9)8(13)14/h4-6H,3,9H2,1-2H3. The van der Waals surface area contributed by atoms with Gasteiger partial charge in [-0.2, -0.15) is 0 Å². The van der Waals surface area contributed by atoms with Crippen LogP contribution in [0.2, 0.25) is 0 Å². The number of aryl methyl sites for hydroxylation is 1. The summed E-state index contributed by atoms with van der Waals surface area (Å²) < 4.78 is 1.81. The summed E-state index contributed by atoms with van der Waals surface area (Å²) in [6, 6.07) is -0.375. The van der Waals surface area contributed by atoms with Crippen molar-refractivity contribution in [1.29, 1.82) is 0 Å². The van der Waals surface area contributed by atoms with E-state index in [9.17, 15) is 4.79 Å². The first-order valence-electron chi connectivity index (χ1n) is 4.51. The van der Waals surface area contributed by atoms with Crippen LogP contribution in [0.25, 0.3) is 0 Å². The van der Waals surface area contributed by atoms with Gasteiger partial charge in [0, 0.05) is 13.6 Å². The van der Waals surface area contributed by atoms with Gasteiger partial charge in [-0.3, -0.25) is 4.79 Å². The zero-order chi connectivity index (χ0) is 10.3. The average Bonchev–Trinajstić information content (AvgIpc) is 2.59. The molecule has 0 radical (unpaired) electrons. The van der Waals surface area contributed by atoms with Gasteiger partial charge in [-0.25, -0.2) is 0 Å². The third kappa shape index (κ3) is 1.19. The van der Waals surface area contributed by atoms with Crippen molar-refractivity contribution in [2.45, 2.75) is 19.0 Å². The smallest absolute Gasteiger partial charge is 0.242 e. The Bertz CT molecular complexity index is 360. The van der Waals surface area contributed by atoms with Gasteiger partial charge in [0.25, 0.3) is 0 Å². The minimum absolute atomic E-state index is 0.0134. The lowest BCUT2D eigenvalue weighted by Gasteiger charge is -2.39. The molecule has 1 amide bonds.